The number of hydrogen-bond donors (Lipinski definition) is 1. The van der Waals surface area contributed by atoms with Crippen LogP contribution < -0.4 is 0 Å². The van der Waals surface area contributed by atoms with E-state index in [1.807, 2.05) is 0 Å². The molecule has 0 aromatic carbocycles. The van der Waals surface area contributed by atoms with E-state index in [0.29, 0.717) is 13.0 Å². The van der Waals surface area contributed by atoms with Crippen molar-refractivity contribution in [2.24, 2.45) is 0 Å². The highest BCUT2D eigenvalue weighted by atomic mass is 16.5. The summed E-state index contributed by atoms with van der Waals surface area (Å²) in [6, 6.07) is 0. The first-order chi connectivity index (χ1) is 7.13. The molecule has 15 heavy (non-hydrogen) atoms. The molecule has 0 radical (unpaired) electrons. The normalized spacial score (nSPS) is 10.1. The molecule has 0 atom stereocenters. The average molecular weight is 219 g/mol. The first-order valence-corrected chi connectivity index (χ1v) is 4.61. The number of aliphatic hydroxyl groups excluding tert-OH is 1. The van der Waals surface area contributed by atoms with Crippen molar-refractivity contribution in [1.82, 2.24) is 4.90 Å². The summed E-state index contributed by atoms with van der Waals surface area (Å²) in [4.78, 5) is 23.5. The van der Waals surface area contributed by atoms with E-state index in [4.69, 9.17) is 5.11 Å². The summed E-state index contributed by atoms with van der Waals surface area (Å²) in [5, 5.41) is 8.64. The highest BCUT2D eigenvalue weighted by Crippen LogP contribution is 1.93. The lowest BCUT2D eigenvalue weighted by molar-refractivity contribution is -0.145. The van der Waals surface area contributed by atoms with Crippen molar-refractivity contribution < 1.29 is 24.2 Å². The molecule has 0 fully saturated rings. The molecular weight excluding hydrogens is 202 g/mol. The zero-order chi connectivity index (χ0) is 11.7. The molecule has 0 aromatic rings. The van der Waals surface area contributed by atoms with Gasteiger partial charge < -0.3 is 14.6 Å². The summed E-state index contributed by atoms with van der Waals surface area (Å²) in [7, 11) is 2.56. The maximum Gasteiger partial charge on any atom is 0.319 e. The molecule has 0 aliphatic rings. The van der Waals surface area contributed by atoms with Gasteiger partial charge in [0.1, 0.15) is 0 Å². The molecule has 0 aliphatic heterocycles. The van der Waals surface area contributed by atoms with Crippen LogP contribution in [0, 0.1) is 0 Å². The molecule has 0 aromatic heterocycles. The van der Waals surface area contributed by atoms with Crippen LogP contribution in [0.2, 0.25) is 0 Å². The molecule has 0 amide bonds. The Bertz CT molecular complexity index is 189. The van der Waals surface area contributed by atoms with Gasteiger partial charge in [0.2, 0.25) is 0 Å². The third-order valence-corrected chi connectivity index (χ3v) is 1.79. The third kappa shape index (κ3) is 6.87. The molecule has 6 heteroatoms. The van der Waals surface area contributed by atoms with Crippen molar-refractivity contribution in [2.45, 2.75) is 6.42 Å². The predicted molar refractivity (Wildman–Crippen MR) is 52.2 cm³/mol. The Hall–Kier alpha value is -1.14. The van der Waals surface area contributed by atoms with Gasteiger partial charge in [-0.3, -0.25) is 14.5 Å². The molecule has 0 saturated carbocycles. The fraction of sp³-hybridized carbons (Fsp3) is 0.778. The number of nitrogens with zero attached hydrogens (tertiary/aromatic N) is 1. The Balaban J connectivity index is 4.05. The van der Waals surface area contributed by atoms with Crippen LogP contribution in [-0.2, 0) is 19.1 Å². The second kappa shape index (κ2) is 8.19. The third-order valence-electron chi connectivity index (χ3n) is 1.79. The minimum absolute atomic E-state index is 0.0127. The zero-order valence-electron chi connectivity index (χ0n) is 9.06. The minimum Gasteiger partial charge on any atom is -0.468 e. The quantitative estimate of drug-likeness (QED) is 0.554. The molecule has 88 valence electrons. The predicted octanol–water partition coefficient (Wildman–Crippen LogP) is -0.983. The lowest BCUT2D eigenvalue weighted by Crippen LogP contribution is -2.36. The largest absolute Gasteiger partial charge is 0.468 e. The van der Waals surface area contributed by atoms with Gasteiger partial charge in [0.15, 0.2) is 0 Å². The Kier molecular flexibility index (Phi) is 7.57. The van der Waals surface area contributed by atoms with Gasteiger partial charge in [-0.2, -0.15) is 0 Å². The van der Waals surface area contributed by atoms with Crippen molar-refractivity contribution in [3.63, 3.8) is 0 Å². The molecule has 1 N–H and O–H groups in total. The van der Waals surface area contributed by atoms with E-state index in [2.05, 4.69) is 9.47 Å². The van der Waals surface area contributed by atoms with Crippen molar-refractivity contribution in [3.05, 3.63) is 0 Å². The van der Waals surface area contributed by atoms with Crippen molar-refractivity contribution in [2.75, 3.05) is 40.5 Å². The van der Waals surface area contributed by atoms with Crippen molar-refractivity contribution in [1.29, 1.82) is 0 Å². The summed E-state index contributed by atoms with van der Waals surface area (Å²) >= 11 is 0. The van der Waals surface area contributed by atoms with Crippen molar-refractivity contribution in [3.8, 4) is 0 Å². The van der Waals surface area contributed by atoms with Crippen LogP contribution in [0.4, 0.5) is 0 Å². The van der Waals surface area contributed by atoms with Gasteiger partial charge in [0.25, 0.3) is 0 Å². The van der Waals surface area contributed by atoms with Crippen LogP contribution in [0.15, 0.2) is 0 Å². The highest BCUT2D eigenvalue weighted by molar-refractivity contribution is 5.74. The van der Waals surface area contributed by atoms with Gasteiger partial charge in [-0.25, -0.2) is 0 Å². The molecule has 6 nitrogen and oxygen atoms in total. The van der Waals surface area contributed by atoms with Gasteiger partial charge in [-0.05, 0) is 6.42 Å². The minimum atomic E-state index is -0.420. The van der Waals surface area contributed by atoms with Gasteiger partial charge in [0.05, 0.1) is 27.3 Å². The van der Waals surface area contributed by atoms with E-state index in [1.165, 1.54) is 14.2 Å². The number of carbonyl (C=O) groups is 2. The topological polar surface area (TPSA) is 76.1 Å². The second-order valence-electron chi connectivity index (χ2n) is 2.94. The highest BCUT2D eigenvalue weighted by Gasteiger charge is 2.14. The Morgan fingerprint density at radius 2 is 1.60 bits per heavy atom. The molecule has 0 spiro atoms. The average Bonchev–Trinajstić information content (AvgIpc) is 2.25. The number of esters is 2. The van der Waals surface area contributed by atoms with Gasteiger partial charge in [0, 0.05) is 13.2 Å². The maximum absolute atomic E-state index is 11.0. The lowest BCUT2D eigenvalue weighted by atomic mass is 10.3. The zero-order valence-corrected chi connectivity index (χ0v) is 9.06. The lowest BCUT2D eigenvalue weighted by Gasteiger charge is -2.18. The fourth-order valence-corrected chi connectivity index (χ4v) is 1.00. The summed E-state index contributed by atoms with van der Waals surface area (Å²) in [6.07, 6.45) is 0.494. The summed E-state index contributed by atoms with van der Waals surface area (Å²) in [5.41, 5.74) is 0. The van der Waals surface area contributed by atoms with Crippen LogP contribution in [0.3, 0.4) is 0 Å². The molecule has 0 rings (SSSR count). The van der Waals surface area contributed by atoms with Gasteiger partial charge >= 0.3 is 11.9 Å². The second-order valence-corrected chi connectivity index (χ2v) is 2.94. The van der Waals surface area contributed by atoms with Crippen LogP contribution in [-0.4, -0.2) is 62.4 Å². The fourth-order valence-electron chi connectivity index (χ4n) is 1.00. The smallest absolute Gasteiger partial charge is 0.319 e. The van der Waals surface area contributed by atoms with E-state index >= 15 is 0 Å². The Labute approximate surface area is 88.8 Å². The Morgan fingerprint density at radius 1 is 1.13 bits per heavy atom. The summed E-state index contributed by atoms with van der Waals surface area (Å²) in [6.45, 7) is 0.497. The first kappa shape index (κ1) is 13.9. The molecule has 0 saturated heterocycles. The van der Waals surface area contributed by atoms with Gasteiger partial charge in [-0.1, -0.05) is 0 Å². The van der Waals surface area contributed by atoms with Crippen LogP contribution >= 0.6 is 0 Å². The van der Waals surface area contributed by atoms with Crippen LogP contribution in [0.5, 0.6) is 0 Å². The number of methoxy groups -OCH3 is 2. The number of ether oxygens (including phenoxy) is 2. The van der Waals surface area contributed by atoms with Crippen molar-refractivity contribution >= 4 is 11.9 Å². The molecule has 0 heterocycles. The monoisotopic (exact) mass is 219 g/mol. The first-order valence-electron chi connectivity index (χ1n) is 4.61. The molecular formula is C9H17NO5. The molecule has 0 bridgehead atoms. The van der Waals surface area contributed by atoms with E-state index < -0.39 is 11.9 Å². The SMILES string of the molecule is COC(=O)CN(CCCO)CC(=O)OC. The van der Waals surface area contributed by atoms with E-state index in [0.717, 1.165) is 0 Å². The number of carbonyl (C=O) groups excluding carboxylic acids is 2. The molecule has 0 aliphatic carbocycles. The standard InChI is InChI=1S/C9H17NO5/c1-14-8(12)6-10(4-3-5-11)7-9(13)15-2/h11H,3-7H2,1-2H3. The number of aliphatic hydroxyl groups is 1. The number of rotatable bonds is 7. The van der Waals surface area contributed by atoms with Gasteiger partial charge in [-0.15, -0.1) is 0 Å². The maximum atomic E-state index is 11.0. The summed E-state index contributed by atoms with van der Waals surface area (Å²) in [5.74, 6) is -0.839. The Morgan fingerprint density at radius 3 is 1.93 bits per heavy atom. The number of hydrogen-bond acceptors (Lipinski definition) is 6. The van der Waals surface area contributed by atoms with E-state index in [9.17, 15) is 9.59 Å². The molecule has 0 unspecified atom stereocenters. The van der Waals surface area contributed by atoms with E-state index in [-0.39, 0.29) is 19.7 Å². The van der Waals surface area contributed by atoms with E-state index in [1.54, 1.807) is 4.90 Å². The summed E-state index contributed by atoms with van der Waals surface area (Å²) < 4.78 is 8.96. The van der Waals surface area contributed by atoms with Crippen LogP contribution in [0.25, 0.3) is 0 Å². The van der Waals surface area contributed by atoms with Crippen LogP contribution in [0.1, 0.15) is 6.42 Å².